The van der Waals surface area contributed by atoms with Crippen LogP contribution in [-0.4, -0.2) is 16.2 Å². The lowest BCUT2D eigenvalue weighted by atomic mass is 10.1. The zero-order valence-electron chi connectivity index (χ0n) is 9.53. The number of aromatic nitrogens is 2. The minimum absolute atomic E-state index is 0.563. The van der Waals surface area contributed by atoms with Gasteiger partial charge < -0.3 is 5.32 Å². The molecule has 1 aliphatic rings. The van der Waals surface area contributed by atoms with Gasteiger partial charge >= 0.3 is 0 Å². The third-order valence-electron chi connectivity index (χ3n) is 3.24. The fourth-order valence-electron chi connectivity index (χ4n) is 2.22. The molecule has 1 aromatic carbocycles. The zero-order chi connectivity index (χ0) is 11.0. The van der Waals surface area contributed by atoms with E-state index in [1.54, 1.807) is 0 Å². The standard InChI is InChI=1S/C13H17N3/c1-9(6-10-2-3-10)15-12-5-4-11-8-14-16-13(11)7-12/h4-5,7-10,15H,2-3,6H2,1H3,(H,14,16). The number of fused-ring (bicyclic) bond motifs is 1. The van der Waals surface area contributed by atoms with Gasteiger partial charge in [-0.1, -0.05) is 12.8 Å². The Hall–Kier alpha value is -1.51. The van der Waals surface area contributed by atoms with Crippen LogP contribution in [0, 0.1) is 5.92 Å². The number of nitrogens with one attached hydrogen (secondary N) is 2. The number of hydrogen-bond donors (Lipinski definition) is 2. The molecule has 1 aromatic heterocycles. The number of hydrogen-bond acceptors (Lipinski definition) is 2. The first-order valence-electron chi connectivity index (χ1n) is 6.01. The van der Waals surface area contributed by atoms with Crippen LogP contribution < -0.4 is 5.32 Å². The van der Waals surface area contributed by atoms with Crippen LogP contribution in [0.25, 0.3) is 10.9 Å². The molecule has 1 aliphatic carbocycles. The molecule has 0 bridgehead atoms. The summed E-state index contributed by atoms with van der Waals surface area (Å²) in [5.74, 6) is 0.971. The minimum Gasteiger partial charge on any atom is -0.383 e. The molecule has 84 valence electrons. The molecular weight excluding hydrogens is 198 g/mol. The Kier molecular flexibility index (Phi) is 2.31. The zero-order valence-corrected chi connectivity index (χ0v) is 9.53. The Bertz CT molecular complexity index is 485. The summed E-state index contributed by atoms with van der Waals surface area (Å²) in [4.78, 5) is 0. The van der Waals surface area contributed by atoms with E-state index < -0.39 is 0 Å². The van der Waals surface area contributed by atoms with Gasteiger partial charge in [-0.3, -0.25) is 5.10 Å². The third-order valence-corrected chi connectivity index (χ3v) is 3.24. The fourth-order valence-corrected chi connectivity index (χ4v) is 2.22. The van der Waals surface area contributed by atoms with E-state index in [2.05, 4.69) is 40.6 Å². The van der Waals surface area contributed by atoms with Crippen LogP contribution in [0.5, 0.6) is 0 Å². The fraction of sp³-hybridized carbons (Fsp3) is 0.462. The molecule has 1 saturated carbocycles. The van der Waals surface area contributed by atoms with E-state index in [1.807, 2.05) is 6.20 Å². The summed E-state index contributed by atoms with van der Waals surface area (Å²) in [7, 11) is 0. The Balaban J connectivity index is 1.72. The molecule has 2 aromatic rings. The maximum Gasteiger partial charge on any atom is 0.0670 e. The molecule has 3 rings (SSSR count). The van der Waals surface area contributed by atoms with Crippen LogP contribution in [0.15, 0.2) is 24.4 Å². The van der Waals surface area contributed by atoms with Crippen LogP contribution in [-0.2, 0) is 0 Å². The summed E-state index contributed by atoms with van der Waals surface area (Å²) in [5, 5.41) is 11.7. The molecule has 2 N–H and O–H groups in total. The van der Waals surface area contributed by atoms with Crippen molar-refractivity contribution in [3.63, 3.8) is 0 Å². The second kappa shape index (κ2) is 3.81. The summed E-state index contributed by atoms with van der Waals surface area (Å²) < 4.78 is 0. The second-order valence-electron chi connectivity index (χ2n) is 4.90. The highest BCUT2D eigenvalue weighted by molar-refractivity contribution is 5.81. The van der Waals surface area contributed by atoms with Crippen LogP contribution in [0.2, 0.25) is 0 Å². The monoisotopic (exact) mass is 215 g/mol. The van der Waals surface area contributed by atoms with Gasteiger partial charge in [-0.05, 0) is 37.5 Å². The van der Waals surface area contributed by atoms with Crippen molar-refractivity contribution < 1.29 is 0 Å². The summed E-state index contributed by atoms with van der Waals surface area (Å²) in [5.41, 5.74) is 2.29. The highest BCUT2D eigenvalue weighted by atomic mass is 15.1. The van der Waals surface area contributed by atoms with Crippen LogP contribution in [0.1, 0.15) is 26.2 Å². The highest BCUT2D eigenvalue weighted by Gasteiger charge is 2.23. The van der Waals surface area contributed by atoms with Gasteiger partial charge in [-0.15, -0.1) is 0 Å². The predicted octanol–water partition coefficient (Wildman–Crippen LogP) is 3.16. The van der Waals surface area contributed by atoms with Crippen molar-refractivity contribution in [2.45, 2.75) is 32.2 Å². The van der Waals surface area contributed by atoms with Crippen molar-refractivity contribution in [2.75, 3.05) is 5.32 Å². The lowest BCUT2D eigenvalue weighted by molar-refractivity contribution is 0.642. The number of benzene rings is 1. The summed E-state index contributed by atoms with van der Waals surface area (Å²) in [6.07, 6.45) is 5.99. The quantitative estimate of drug-likeness (QED) is 0.822. The van der Waals surface area contributed by atoms with E-state index in [0.29, 0.717) is 6.04 Å². The van der Waals surface area contributed by atoms with E-state index >= 15 is 0 Å². The Morgan fingerprint density at radius 3 is 3.19 bits per heavy atom. The first-order chi connectivity index (χ1) is 7.81. The van der Waals surface area contributed by atoms with Crippen molar-refractivity contribution in [2.24, 2.45) is 5.92 Å². The molecule has 1 atom stereocenters. The largest absolute Gasteiger partial charge is 0.383 e. The highest BCUT2D eigenvalue weighted by Crippen LogP contribution is 2.34. The van der Waals surface area contributed by atoms with Crippen molar-refractivity contribution in [1.29, 1.82) is 0 Å². The van der Waals surface area contributed by atoms with Gasteiger partial charge in [0.05, 0.1) is 11.7 Å². The van der Waals surface area contributed by atoms with Gasteiger partial charge in [0.2, 0.25) is 0 Å². The Morgan fingerprint density at radius 1 is 1.50 bits per heavy atom. The molecule has 1 heterocycles. The van der Waals surface area contributed by atoms with Gasteiger partial charge in [-0.2, -0.15) is 5.10 Å². The maximum atomic E-state index is 4.03. The number of aromatic amines is 1. The molecule has 0 aliphatic heterocycles. The normalized spacial score (nSPS) is 17.6. The van der Waals surface area contributed by atoms with Crippen LogP contribution in [0.3, 0.4) is 0 Å². The smallest absolute Gasteiger partial charge is 0.0670 e. The Morgan fingerprint density at radius 2 is 2.38 bits per heavy atom. The Labute approximate surface area is 95.2 Å². The van der Waals surface area contributed by atoms with Gasteiger partial charge in [-0.25, -0.2) is 0 Å². The summed E-state index contributed by atoms with van der Waals surface area (Å²) in [6.45, 7) is 2.26. The first kappa shape index (κ1) is 9.70. The van der Waals surface area contributed by atoms with Gasteiger partial charge in [0.15, 0.2) is 0 Å². The molecule has 0 saturated heterocycles. The van der Waals surface area contributed by atoms with E-state index in [4.69, 9.17) is 0 Å². The average Bonchev–Trinajstić information content (AvgIpc) is 2.95. The van der Waals surface area contributed by atoms with Crippen LogP contribution in [0.4, 0.5) is 5.69 Å². The van der Waals surface area contributed by atoms with Crippen molar-refractivity contribution in [3.8, 4) is 0 Å². The maximum absolute atomic E-state index is 4.03. The molecule has 0 spiro atoms. The number of nitrogens with zero attached hydrogens (tertiary/aromatic N) is 1. The molecule has 0 radical (unpaired) electrons. The molecule has 3 nitrogen and oxygen atoms in total. The van der Waals surface area contributed by atoms with E-state index in [-0.39, 0.29) is 0 Å². The number of rotatable bonds is 4. The molecular formula is C13H17N3. The van der Waals surface area contributed by atoms with E-state index in [0.717, 1.165) is 11.4 Å². The predicted molar refractivity (Wildman–Crippen MR) is 66.5 cm³/mol. The lowest BCUT2D eigenvalue weighted by Crippen LogP contribution is -2.15. The van der Waals surface area contributed by atoms with Gasteiger partial charge in [0.25, 0.3) is 0 Å². The summed E-state index contributed by atoms with van der Waals surface area (Å²) >= 11 is 0. The molecule has 0 amide bonds. The minimum atomic E-state index is 0.563. The third kappa shape index (κ3) is 2.03. The van der Waals surface area contributed by atoms with Crippen LogP contribution >= 0.6 is 0 Å². The average molecular weight is 215 g/mol. The molecule has 1 fully saturated rings. The second-order valence-corrected chi connectivity index (χ2v) is 4.90. The van der Waals surface area contributed by atoms with Crippen molar-refractivity contribution in [3.05, 3.63) is 24.4 Å². The van der Waals surface area contributed by atoms with Crippen molar-refractivity contribution >= 4 is 16.6 Å². The van der Waals surface area contributed by atoms with Gasteiger partial charge in [0, 0.05) is 17.1 Å². The number of H-pyrrole nitrogens is 1. The SMILES string of the molecule is CC(CC1CC1)Nc1ccc2cn[nH]c2c1. The molecule has 3 heteroatoms. The molecule has 1 unspecified atom stereocenters. The molecule has 16 heavy (non-hydrogen) atoms. The van der Waals surface area contributed by atoms with E-state index in [9.17, 15) is 0 Å². The summed E-state index contributed by atoms with van der Waals surface area (Å²) in [6, 6.07) is 6.92. The van der Waals surface area contributed by atoms with E-state index in [1.165, 1.54) is 30.3 Å². The van der Waals surface area contributed by atoms with Gasteiger partial charge in [0.1, 0.15) is 0 Å². The first-order valence-corrected chi connectivity index (χ1v) is 6.01. The topological polar surface area (TPSA) is 40.7 Å². The lowest BCUT2D eigenvalue weighted by Gasteiger charge is -2.14. The number of anilines is 1. The van der Waals surface area contributed by atoms with Crippen molar-refractivity contribution in [1.82, 2.24) is 10.2 Å².